The van der Waals surface area contributed by atoms with Crippen molar-refractivity contribution in [3.63, 3.8) is 0 Å². The van der Waals surface area contributed by atoms with Crippen molar-refractivity contribution in [1.82, 2.24) is 0 Å². The van der Waals surface area contributed by atoms with E-state index < -0.39 is 11.2 Å². The maximum atomic E-state index is 13.6. The number of anilines is 1. The zero-order chi connectivity index (χ0) is 12.6. The molecule has 0 unspecified atom stereocenters. The zero-order valence-electron chi connectivity index (χ0n) is 9.41. The van der Waals surface area contributed by atoms with Gasteiger partial charge in [0, 0.05) is 12.1 Å². The Morgan fingerprint density at radius 3 is 2.76 bits per heavy atom. The normalized spacial score (nSPS) is 16.7. The van der Waals surface area contributed by atoms with Gasteiger partial charge in [-0.15, -0.1) is 0 Å². The second-order valence-electron chi connectivity index (χ2n) is 4.40. The van der Waals surface area contributed by atoms with Crippen molar-refractivity contribution in [1.29, 1.82) is 0 Å². The predicted octanol–water partition coefficient (Wildman–Crippen LogP) is 2.21. The quantitative estimate of drug-likeness (QED) is 0.902. The first-order valence-electron chi connectivity index (χ1n) is 5.34. The molecule has 0 bridgehead atoms. The number of aliphatic hydroxyl groups excluding tert-OH is 1. The topological polar surface area (TPSA) is 40.5 Å². The summed E-state index contributed by atoms with van der Waals surface area (Å²) in [5.74, 6) is -0.764. The fraction of sp³-hybridized carbons (Fsp3) is 0.417. The molecule has 17 heavy (non-hydrogen) atoms. The molecule has 1 aromatic carbocycles. The molecule has 1 saturated carbocycles. The number of carbonyl (C=O) groups excluding carboxylic acids is 1. The first-order chi connectivity index (χ1) is 8.00. The van der Waals surface area contributed by atoms with E-state index in [-0.39, 0.29) is 18.2 Å². The first-order valence-corrected chi connectivity index (χ1v) is 5.72. The third kappa shape index (κ3) is 2.15. The van der Waals surface area contributed by atoms with E-state index >= 15 is 0 Å². The molecule has 1 aliphatic carbocycles. The van der Waals surface area contributed by atoms with Gasteiger partial charge in [-0.1, -0.05) is 11.6 Å². The van der Waals surface area contributed by atoms with Gasteiger partial charge in [0.2, 0.25) is 5.91 Å². The van der Waals surface area contributed by atoms with Crippen molar-refractivity contribution in [3.05, 3.63) is 29.0 Å². The van der Waals surface area contributed by atoms with Gasteiger partial charge in [0.25, 0.3) is 0 Å². The summed E-state index contributed by atoms with van der Waals surface area (Å²) in [5, 5.41) is 9.55. The monoisotopic (exact) mass is 257 g/mol. The number of rotatable bonds is 3. The summed E-state index contributed by atoms with van der Waals surface area (Å²) in [4.78, 5) is 13.3. The van der Waals surface area contributed by atoms with Crippen molar-refractivity contribution in [2.75, 3.05) is 18.6 Å². The van der Waals surface area contributed by atoms with Gasteiger partial charge in [-0.3, -0.25) is 4.79 Å². The molecular weight excluding hydrogens is 245 g/mol. The summed E-state index contributed by atoms with van der Waals surface area (Å²) in [6, 6.07) is 4.06. The second-order valence-corrected chi connectivity index (χ2v) is 4.83. The van der Waals surface area contributed by atoms with Gasteiger partial charge >= 0.3 is 0 Å². The van der Waals surface area contributed by atoms with E-state index in [1.54, 1.807) is 0 Å². The molecule has 92 valence electrons. The molecule has 5 heteroatoms. The molecule has 0 aromatic heterocycles. The molecule has 0 atom stereocenters. The van der Waals surface area contributed by atoms with E-state index in [1.165, 1.54) is 30.1 Å². The van der Waals surface area contributed by atoms with Gasteiger partial charge in [0.15, 0.2) is 0 Å². The van der Waals surface area contributed by atoms with E-state index in [4.69, 9.17) is 11.6 Å². The highest BCUT2D eigenvalue weighted by atomic mass is 35.5. The van der Waals surface area contributed by atoms with E-state index in [9.17, 15) is 14.3 Å². The van der Waals surface area contributed by atoms with Crippen molar-refractivity contribution < 1.29 is 14.3 Å². The van der Waals surface area contributed by atoms with Crippen LogP contribution in [0.1, 0.15) is 12.8 Å². The van der Waals surface area contributed by atoms with Crippen LogP contribution in [0.15, 0.2) is 18.2 Å². The lowest BCUT2D eigenvalue weighted by atomic mass is 10.1. The molecule has 1 fully saturated rings. The molecule has 0 aliphatic heterocycles. The fourth-order valence-corrected chi connectivity index (χ4v) is 1.96. The molecule has 3 nitrogen and oxygen atoms in total. The number of halogens is 2. The predicted molar refractivity (Wildman–Crippen MR) is 63.6 cm³/mol. The van der Waals surface area contributed by atoms with Crippen LogP contribution in [0.5, 0.6) is 0 Å². The van der Waals surface area contributed by atoms with E-state index in [0.29, 0.717) is 17.9 Å². The molecule has 0 heterocycles. The van der Waals surface area contributed by atoms with Crippen molar-refractivity contribution in [2.45, 2.75) is 12.8 Å². The van der Waals surface area contributed by atoms with Crippen molar-refractivity contribution in [2.24, 2.45) is 5.41 Å². The molecule has 1 aliphatic rings. The molecular formula is C12H13ClFNO2. The lowest BCUT2D eigenvalue weighted by molar-refractivity contribution is -0.124. The summed E-state index contributed by atoms with van der Waals surface area (Å²) in [6.07, 6.45) is 1.30. The van der Waals surface area contributed by atoms with Gasteiger partial charge in [0.05, 0.1) is 17.7 Å². The van der Waals surface area contributed by atoms with Crippen LogP contribution in [0.3, 0.4) is 0 Å². The zero-order valence-corrected chi connectivity index (χ0v) is 10.2. The minimum absolute atomic E-state index is 0.141. The van der Waals surface area contributed by atoms with E-state index in [0.717, 1.165) is 0 Å². The Labute approximate surface area is 104 Å². The average Bonchev–Trinajstić information content (AvgIpc) is 3.11. The lowest BCUT2D eigenvalue weighted by Crippen LogP contribution is -2.36. The molecule has 1 N–H and O–H groups in total. The van der Waals surface area contributed by atoms with Crippen LogP contribution in [0.2, 0.25) is 5.02 Å². The molecule has 2 rings (SSSR count). The second kappa shape index (κ2) is 4.27. The summed E-state index contributed by atoms with van der Waals surface area (Å²) in [7, 11) is 1.49. The Bertz CT molecular complexity index is 460. The summed E-state index contributed by atoms with van der Waals surface area (Å²) in [6.45, 7) is -0.196. The molecule has 1 amide bonds. The molecule has 0 saturated heterocycles. The molecule has 1 aromatic rings. The highest BCUT2D eigenvalue weighted by Crippen LogP contribution is 2.47. The van der Waals surface area contributed by atoms with Crippen LogP contribution in [-0.4, -0.2) is 24.7 Å². The maximum absolute atomic E-state index is 13.6. The number of hydrogen-bond acceptors (Lipinski definition) is 2. The van der Waals surface area contributed by atoms with E-state index in [2.05, 4.69) is 0 Å². The Morgan fingerprint density at radius 1 is 1.59 bits per heavy atom. The summed E-state index contributed by atoms with van der Waals surface area (Å²) >= 11 is 5.78. The van der Waals surface area contributed by atoms with Gasteiger partial charge in [-0.05, 0) is 31.0 Å². The highest BCUT2D eigenvalue weighted by Gasteiger charge is 2.51. The van der Waals surface area contributed by atoms with Gasteiger partial charge in [0.1, 0.15) is 5.82 Å². The van der Waals surface area contributed by atoms with Crippen LogP contribution >= 0.6 is 11.6 Å². The van der Waals surface area contributed by atoms with Crippen LogP contribution in [0.4, 0.5) is 10.1 Å². The maximum Gasteiger partial charge on any atom is 0.235 e. The van der Waals surface area contributed by atoms with Crippen molar-refractivity contribution >= 4 is 23.2 Å². The number of aliphatic hydroxyl groups is 1. The Hall–Kier alpha value is -1.13. The third-order valence-corrected chi connectivity index (χ3v) is 3.42. The SMILES string of the molecule is CN(C(=O)C1(CO)CC1)c1cc(Cl)ccc1F. The average molecular weight is 258 g/mol. The van der Waals surface area contributed by atoms with Crippen LogP contribution in [0, 0.1) is 11.2 Å². The first kappa shape index (κ1) is 12.3. The largest absolute Gasteiger partial charge is 0.395 e. The van der Waals surface area contributed by atoms with E-state index in [1.807, 2.05) is 0 Å². The Morgan fingerprint density at radius 2 is 2.24 bits per heavy atom. The fourth-order valence-electron chi connectivity index (χ4n) is 1.80. The minimum atomic E-state index is -0.705. The van der Waals surface area contributed by atoms with Crippen LogP contribution < -0.4 is 4.90 Å². The minimum Gasteiger partial charge on any atom is -0.395 e. The number of nitrogens with zero attached hydrogens (tertiary/aromatic N) is 1. The number of benzene rings is 1. The van der Waals surface area contributed by atoms with Gasteiger partial charge in [-0.2, -0.15) is 0 Å². The third-order valence-electron chi connectivity index (χ3n) is 3.18. The van der Waals surface area contributed by atoms with Crippen LogP contribution in [-0.2, 0) is 4.79 Å². The summed E-state index contributed by atoms with van der Waals surface area (Å²) < 4.78 is 13.6. The van der Waals surface area contributed by atoms with Gasteiger partial charge < -0.3 is 10.0 Å². The van der Waals surface area contributed by atoms with Gasteiger partial charge in [-0.25, -0.2) is 4.39 Å². The molecule has 0 radical (unpaired) electrons. The van der Waals surface area contributed by atoms with Crippen LogP contribution in [0.25, 0.3) is 0 Å². The Balaban J connectivity index is 2.28. The molecule has 0 spiro atoms. The highest BCUT2D eigenvalue weighted by molar-refractivity contribution is 6.31. The Kier molecular flexibility index (Phi) is 3.10. The standard InChI is InChI=1S/C12H13ClFNO2/c1-15(11(17)12(7-16)4-5-12)10-6-8(13)2-3-9(10)14/h2-3,6,16H,4-5,7H2,1H3. The summed E-state index contributed by atoms with van der Waals surface area (Å²) in [5.41, 5.74) is -0.564. The smallest absolute Gasteiger partial charge is 0.235 e. The number of hydrogen-bond donors (Lipinski definition) is 1. The number of carbonyl (C=O) groups is 1. The number of amides is 1. The lowest BCUT2D eigenvalue weighted by Gasteiger charge is -2.22. The van der Waals surface area contributed by atoms with Crippen molar-refractivity contribution in [3.8, 4) is 0 Å².